The van der Waals surface area contributed by atoms with Gasteiger partial charge in [-0.05, 0) is 41.3 Å². The molecule has 2 aromatic rings. The van der Waals surface area contributed by atoms with E-state index in [1.165, 1.54) is 36.7 Å². The number of hydrogen-bond donors (Lipinski definition) is 1. The zero-order valence-corrected chi connectivity index (χ0v) is 16.4. The summed E-state index contributed by atoms with van der Waals surface area (Å²) in [6.45, 7) is 0.610. The summed E-state index contributed by atoms with van der Waals surface area (Å²) < 4.78 is 38.8. The van der Waals surface area contributed by atoms with Crippen LogP contribution >= 0.6 is 0 Å². The van der Waals surface area contributed by atoms with Gasteiger partial charge in [0, 0.05) is 19.2 Å². The molecule has 1 heterocycles. The topological polar surface area (TPSA) is 93.1 Å². The second-order valence-electron chi connectivity index (χ2n) is 6.28. The Hall–Kier alpha value is -2.84. The lowest BCUT2D eigenvalue weighted by Gasteiger charge is -2.29. The Balaban J connectivity index is 2.07. The van der Waals surface area contributed by atoms with Gasteiger partial charge in [0.15, 0.2) is 11.5 Å². The summed E-state index contributed by atoms with van der Waals surface area (Å²) in [5.41, 5.74) is 2.48. The number of carboxylic acid groups (broad SMARTS) is 1. The fraction of sp³-hybridized carbons (Fsp3) is 0.250. The number of aliphatic carboxylic acids is 1. The molecule has 8 heteroatoms. The minimum atomic E-state index is -3.89. The average Bonchev–Trinajstić information content (AvgIpc) is 2.70. The predicted octanol–water partition coefficient (Wildman–Crippen LogP) is 2.55. The number of benzene rings is 2. The van der Waals surface area contributed by atoms with Crippen molar-refractivity contribution in [2.75, 3.05) is 20.8 Å². The van der Waals surface area contributed by atoms with Gasteiger partial charge in [-0.1, -0.05) is 24.3 Å². The first-order chi connectivity index (χ1) is 13.4. The zero-order valence-electron chi connectivity index (χ0n) is 15.6. The zero-order chi connectivity index (χ0) is 20.3. The highest BCUT2D eigenvalue weighted by molar-refractivity contribution is 7.89. The van der Waals surface area contributed by atoms with Gasteiger partial charge in [0.1, 0.15) is 4.90 Å². The van der Waals surface area contributed by atoms with Crippen LogP contribution in [-0.4, -0.2) is 44.6 Å². The molecule has 0 fully saturated rings. The van der Waals surface area contributed by atoms with Crippen LogP contribution in [0.2, 0.25) is 0 Å². The van der Waals surface area contributed by atoms with E-state index in [1.54, 1.807) is 0 Å². The number of carbonyl (C=O) groups is 1. The summed E-state index contributed by atoms with van der Waals surface area (Å²) in [5, 5.41) is 8.86. The molecule has 7 nitrogen and oxygen atoms in total. The van der Waals surface area contributed by atoms with E-state index in [2.05, 4.69) is 0 Å². The second-order valence-corrected chi connectivity index (χ2v) is 8.19. The van der Waals surface area contributed by atoms with E-state index >= 15 is 0 Å². The Morgan fingerprint density at radius 2 is 1.86 bits per heavy atom. The minimum absolute atomic E-state index is 0.0567. The van der Waals surface area contributed by atoms with Gasteiger partial charge in [-0.2, -0.15) is 4.31 Å². The molecule has 0 atom stereocenters. The Morgan fingerprint density at radius 1 is 1.14 bits per heavy atom. The molecule has 3 rings (SSSR count). The van der Waals surface area contributed by atoms with Crippen LogP contribution in [-0.2, 0) is 27.8 Å². The summed E-state index contributed by atoms with van der Waals surface area (Å²) in [5.74, 6) is -0.827. The van der Waals surface area contributed by atoms with Crippen LogP contribution in [0, 0.1) is 0 Å². The molecule has 2 aromatic carbocycles. The van der Waals surface area contributed by atoms with Crippen molar-refractivity contribution in [3.05, 3.63) is 59.2 Å². The van der Waals surface area contributed by atoms with Crippen molar-refractivity contribution in [1.82, 2.24) is 4.31 Å². The number of sulfonamides is 1. The highest BCUT2D eigenvalue weighted by atomic mass is 32.2. The Labute approximate surface area is 163 Å². The quantitative estimate of drug-likeness (QED) is 0.745. The first-order valence-electron chi connectivity index (χ1n) is 8.60. The number of hydrogen-bond acceptors (Lipinski definition) is 5. The number of carboxylic acids is 1. The van der Waals surface area contributed by atoms with E-state index in [0.717, 1.165) is 17.2 Å². The van der Waals surface area contributed by atoms with Gasteiger partial charge in [-0.3, -0.25) is 0 Å². The lowest BCUT2D eigenvalue weighted by molar-refractivity contribution is -0.131. The smallest absolute Gasteiger partial charge is 0.328 e. The summed E-state index contributed by atoms with van der Waals surface area (Å²) in [7, 11) is -1.13. The van der Waals surface area contributed by atoms with Crippen molar-refractivity contribution in [3.8, 4) is 11.5 Å². The van der Waals surface area contributed by atoms with Crippen molar-refractivity contribution in [1.29, 1.82) is 0 Å². The fourth-order valence-corrected chi connectivity index (χ4v) is 4.84. The third-order valence-corrected chi connectivity index (χ3v) is 6.45. The van der Waals surface area contributed by atoms with Gasteiger partial charge < -0.3 is 14.6 Å². The van der Waals surface area contributed by atoms with Crippen LogP contribution in [0.25, 0.3) is 6.08 Å². The lowest BCUT2D eigenvalue weighted by Crippen LogP contribution is -2.36. The van der Waals surface area contributed by atoms with Crippen LogP contribution in [0.5, 0.6) is 11.5 Å². The molecule has 0 spiro atoms. The molecule has 1 aliphatic heterocycles. The Morgan fingerprint density at radius 3 is 2.50 bits per heavy atom. The molecule has 148 valence electrons. The molecule has 0 saturated heterocycles. The highest BCUT2D eigenvalue weighted by Gasteiger charge is 2.32. The summed E-state index contributed by atoms with van der Waals surface area (Å²) >= 11 is 0. The van der Waals surface area contributed by atoms with E-state index < -0.39 is 16.0 Å². The first kappa shape index (κ1) is 19.9. The number of ether oxygens (including phenoxy) is 2. The van der Waals surface area contributed by atoms with Crippen molar-refractivity contribution >= 4 is 22.1 Å². The third kappa shape index (κ3) is 3.88. The van der Waals surface area contributed by atoms with Crippen molar-refractivity contribution in [3.63, 3.8) is 0 Å². The molecule has 1 aliphatic rings. The summed E-state index contributed by atoms with van der Waals surface area (Å²) in [6.07, 6.45) is 2.87. The average molecular weight is 403 g/mol. The molecular weight excluding hydrogens is 382 g/mol. The molecular formula is C20H21NO6S. The maximum atomic E-state index is 13.4. The number of rotatable bonds is 6. The maximum absolute atomic E-state index is 13.4. The monoisotopic (exact) mass is 403 g/mol. The molecule has 0 unspecified atom stereocenters. The van der Waals surface area contributed by atoms with Crippen molar-refractivity contribution in [2.24, 2.45) is 0 Å². The van der Waals surface area contributed by atoms with Gasteiger partial charge in [0.25, 0.3) is 0 Å². The van der Waals surface area contributed by atoms with Crippen molar-refractivity contribution in [2.45, 2.75) is 17.9 Å². The molecule has 0 aromatic heterocycles. The van der Waals surface area contributed by atoms with Gasteiger partial charge in [-0.15, -0.1) is 0 Å². The molecule has 0 bridgehead atoms. The standard InChI is InChI=1S/C20H21NO6S/c1-26-17-11-14(7-8-19(22)23)12-18(20(17)27-2)28(24,25)21-10-9-15-5-3-4-6-16(15)13-21/h3-8,11-12H,9-10,13H2,1-2H3,(H,22,23)/b8-7+. The lowest BCUT2D eigenvalue weighted by atomic mass is 10.0. The van der Waals surface area contributed by atoms with Crippen LogP contribution in [0.4, 0.5) is 0 Å². The van der Waals surface area contributed by atoms with Gasteiger partial charge in [0.2, 0.25) is 10.0 Å². The Bertz CT molecular complexity index is 1030. The molecule has 0 saturated carbocycles. The highest BCUT2D eigenvalue weighted by Crippen LogP contribution is 2.38. The van der Waals surface area contributed by atoms with Gasteiger partial charge in [0.05, 0.1) is 14.2 Å². The van der Waals surface area contributed by atoms with E-state index in [4.69, 9.17) is 14.6 Å². The van der Waals surface area contributed by atoms with E-state index in [-0.39, 0.29) is 22.9 Å². The number of nitrogens with zero attached hydrogens (tertiary/aromatic N) is 1. The first-order valence-corrected chi connectivity index (χ1v) is 10.0. The molecule has 28 heavy (non-hydrogen) atoms. The van der Waals surface area contributed by atoms with Crippen LogP contribution in [0.15, 0.2) is 47.4 Å². The summed E-state index contributed by atoms with van der Waals surface area (Å²) in [4.78, 5) is 10.8. The van der Waals surface area contributed by atoms with Gasteiger partial charge in [-0.25, -0.2) is 13.2 Å². The van der Waals surface area contributed by atoms with Crippen molar-refractivity contribution < 1.29 is 27.8 Å². The fourth-order valence-electron chi connectivity index (χ4n) is 3.22. The third-order valence-electron chi connectivity index (χ3n) is 4.60. The van der Waals surface area contributed by atoms with Crippen LogP contribution in [0.1, 0.15) is 16.7 Å². The number of methoxy groups -OCH3 is 2. The van der Waals surface area contributed by atoms with Gasteiger partial charge >= 0.3 is 5.97 Å². The van der Waals surface area contributed by atoms with Crippen LogP contribution in [0.3, 0.4) is 0 Å². The predicted molar refractivity (Wildman–Crippen MR) is 104 cm³/mol. The molecule has 0 radical (unpaired) electrons. The second kappa shape index (κ2) is 8.04. The largest absolute Gasteiger partial charge is 0.493 e. The normalized spacial score (nSPS) is 14.6. The molecule has 0 aliphatic carbocycles. The Kier molecular flexibility index (Phi) is 5.71. The molecule has 0 amide bonds. The van der Waals surface area contributed by atoms with E-state index in [0.29, 0.717) is 18.5 Å². The van der Waals surface area contributed by atoms with Crippen LogP contribution < -0.4 is 9.47 Å². The molecule has 1 N–H and O–H groups in total. The SMILES string of the molecule is COc1cc(/C=C/C(=O)O)cc(S(=O)(=O)N2CCc3ccccc3C2)c1OC. The van der Waals surface area contributed by atoms with E-state index in [1.807, 2.05) is 24.3 Å². The summed E-state index contributed by atoms with van der Waals surface area (Å²) in [6, 6.07) is 10.7. The maximum Gasteiger partial charge on any atom is 0.328 e. The van der Waals surface area contributed by atoms with E-state index in [9.17, 15) is 13.2 Å². The minimum Gasteiger partial charge on any atom is -0.493 e. The number of fused-ring (bicyclic) bond motifs is 1.